The van der Waals surface area contributed by atoms with Crippen molar-refractivity contribution in [3.05, 3.63) is 61.1 Å². The first-order valence-corrected chi connectivity index (χ1v) is 10.4. The molecular weight excluding hydrogens is 348 g/mol. The Morgan fingerprint density at radius 1 is 0.857 bits per heavy atom. The molecule has 2 aromatic heterocycles. The molecule has 0 atom stereocenters. The molecule has 0 aliphatic carbocycles. The van der Waals surface area contributed by atoms with Gasteiger partial charge in [-0.15, -0.1) is 5.10 Å². The summed E-state index contributed by atoms with van der Waals surface area (Å²) in [6.07, 6.45) is 12.8. The third-order valence-corrected chi connectivity index (χ3v) is 4.29. The van der Waals surface area contributed by atoms with Crippen molar-refractivity contribution >= 4 is 0 Å². The van der Waals surface area contributed by atoms with E-state index in [1.807, 2.05) is 73.4 Å². The number of benzene rings is 1. The second-order valence-corrected chi connectivity index (χ2v) is 6.39. The maximum Gasteiger partial charge on any atom is 0.119 e. The number of nitrogens with zero attached hydrogens (tertiary/aromatic N) is 4. The van der Waals surface area contributed by atoms with Gasteiger partial charge in [0.25, 0.3) is 0 Å². The summed E-state index contributed by atoms with van der Waals surface area (Å²) in [5, 5.41) is 8.42. The van der Waals surface area contributed by atoms with E-state index in [9.17, 15) is 0 Å². The third kappa shape index (κ3) is 7.91. The standard InChI is InChI=1S/C21H26N4O.C2H6/c1(2-4-9-16-26-20-12-6-5-7-13-20)3-8-15-25-18-21(23-24-25)19-11-10-14-22-17-19;1-2/h5-7,10-14,17-18H,1-4,8-9,15-16H2;1-2H3. The van der Waals surface area contributed by atoms with E-state index in [1.165, 1.54) is 25.7 Å². The summed E-state index contributed by atoms with van der Waals surface area (Å²) in [5.74, 6) is 0.964. The van der Waals surface area contributed by atoms with Crippen molar-refractivity contribution in [2.75, 3.05) is 6.61 Å². The molecule has 0 saturated carbocycles. The summed E-state index contributed by atoms with van der Waals surface area (Å²) in [6, 6.07) is 13.9. The second kappa shape index (κ2) is 13.5. The first-order valence-electron chi connectivity index (χ1n) is 10.4. The average Bonchev–Trinajstić information content (AvgIpc) is 3.24. The maximum absolute atomic E-state index is 5.71. The van der Waals surface area contributed by atoms with Gasteiger partial charge in [-0.3, -0.25) is 9.67 Å². The molecule has 0 saturated heterocycles. The van der Waals surface area contributed by atoms with Crippen LogP contribution in [0.25, 0.3) is 11.3 Å². The molecule has 0 N–H and O–H groups in total. The molecule has 150 valence electrons. The molecule has 0 bridgehead atoms. The van der Waals surface area contributed by atoms with Crippen molar-refractivity contribution < 1.29 is 4.74 Å². The zero-order valence-electron chi connectivity index (χ0n) is 17.1. The number of ether oxygens (including phenoxy) is 1. The van der Waals surface area contributed by atoms with Crippen LogP contribution < -0.4 is 4.74 Å². The number of aromatic nitrogens is 4. The zero-order valence-corrected chi connectivity index (χ0v) is 17.1. The average molecular weight is 381 g/mol. The van der Waals surface area contributed by atoms with E-state index in [2.05, 4.69) is 15.3 Å². The quantitative estimate of drug-likeness (QED) is 0.395. The van der Waals surface area contributed by atoms with Gasteiger partial charge >= 0.3 is 0 Å². The molecule has 28 heavy (non-hydrogen) atoms. The molecule has 1 aromatic carbocycles. The molecule has 0 spiro atoms. The van der Waals surface area contributed by atoms with Crippen LogP contribution >= 0.6 is 0 Å². The summed E-state index contributed by atoms with van der Waals surface area (Å²) in [4.78, 5) is 4.12. The highest BCUT2D eigenvalue weighted by molar-refractivity contribution is 5.55. The highest BCUT2D eigenvalue weighted by Crippen LogP contribution is 2.14. The van der Waals surface area contributed by atoms with Crippen molar-refractivity contribution in [2.45, 2.75) is 58.9 Å². The van der Waals surface area contributed by atoms with Crippen LogP contribution in [0.4, 0.5) is 0 Å². The van der Waals surface area contributed by atoms with Crippen LogP contribution in [0.15, 0.2) is 61.1 Å². The number of unbranched alkanes of at least 4 members (excludes halogenated alkanes) is 5. The summed E-state index contributed by atoms with van der Waals surface area (Å²) < 4.78 is 7.63. The minimum Gasteiger partial charge on any atom is -0.494 e. The second-order valence-electron chi connectivity index (χ2n) is 6.39. The number of para-hydroxylation sites is 1. The molecule has 0 radical (unpaired) electrons. The van der Waals surface area contributed by atoms with Gasteiger partial charge in [-0.05, 0) is 37.1 Å². The minimum atomic E-state index is 0.806. The number of aryl methyl sites for hydroxylation is 1. The Bertz CT molecular complexity index is 744. The van der Waals surface area contributed by atoms with Crippen molar-refractivity contribution in [1.29, 1.82) is 0 Å². The Balaban J connectivity index is 0.00000136. The van der Waals surface area contributed by atoms with Crippen LogP contribution in [0, 0.1) is 0 Å². The van der Waals surface area contributed by atoms with Gasteiger partial charge in [-0.2, -0.15) is 0 Å². The van der Waals surface area contributed by atoms with E-state index in [0.717, 1.165) is 43.0 Å². The molecule has 0 aliphatic heterocycles. The van der Waals surface area contributed by atoms with Crippen LogP contribution in [0.2, 0.25) is 0 Å². The lowest BCUT2D eigenvalue weighted by Crippen LogP contribution is -1.99. The van der Waals surface area contributed by atoms with Crippen molar-refractivity contribution in [1.82, 2.24) is 20.0 Å². The molecule has 0 amide bonds. The minimum absolute atomic E-state index is 0.806. The Kier molecular flexibility index (Phi) is 10.4. The highest BCUT2D eigenvalue weighted by Gasteiger charge is 2.03. The summed E-state index contributed by atoms with van der Waals surface area (Å²) in [6.45, 7) is 5.73. The highest BCUT2D eigenvalue weighted by atomic mass is 16.5. The molecule has 3 rings (SSSR count). The van der Waals surface area contributed by atoms with E-state index >= 15 is 0 Å². The predicted octanol–water partition coefficient (Wildman–Crippen LogP) is 5.79. The molecule has 3 aromatic rings. The molecule has 0 aliphatic rings. The van der Waals surface area contributed by atoms with E-state index in [-0.39, 0.29) is 0 Å². The lowest BCUT2D eigenvalue weighted by atomic mass is 10.1. The van der Waals surface area contributed by atoms with Crippen molar-refractivity contribution in [3.63, 3.8) is 0 Å². The first-order chi connectivity index (χ1) is 13.9. The van der Waals surface area contributed by atoms with E-state index < -0.39 is 0 Å². The Morgan fingerprint density at radius 3 is 2.36 bits per heavy atom. The summed E-state index contributed by atoms with van der Waals surface area (Å²) in [7, 11) is 0. The third-order valence-electron chi connectivity index (χ3n) is 4.29. The lowest BCUT2D eigenvalue weighted by Gasteiger charge is -2.05. The Morgan fingerprint density at radius 2 is 1.61 bits per heavy atom. The van der Waals surface area contributed by atoms with Crippen molar-refractivity contribution in [3.8, 4) is 17.0 Å². The maximum atomic E-state index is 5.71. The van der Waals surface area contributed by atoms with Gasteiger partial charge in [0, 0.05) is 24.5 Å². The van der Waals surface area contributed by atoms with Crippen LogP contribution in [0.3, 0.4) is 0 Å². The van der Waals surface area contributed by atoms with Crippen LogP contribution in [0.1, 0.15) is 52.4 Å². The van der Waals surface area contributed by atoms with Gasteiger partial charge in [0.15, 0.2) is 0 Å². The molecular formula is C23H32N4O. The smallest absolute Gasteiger partial charge is 0.119 e. The molecule has 2 heterocycles. The van der Waals surface area contributed by atoms with Crippen LogP contribution in [-0.2, 0) is 6.54 Å². The zero-order chi connectivity index (χ0) is 19.9. The summed E-state index contributed by atoms with van der Waals surface area (Å²) in [5.41, 5.74) is 1.90. The lowest BCUT2D eigenvalue weighted by molar-refractivity contribution is 0.304. The Hall–Kier alpha value is -2.69. The Labute approximate surface area is 168 Å². The van der Waals surface area contributed by atoms with Gasteiger partial charge in [0.05, 0.1) is 12.8 Å². The van der Waals surface area contributed by atoms with Crippen LogP contribution in [-0.4, -0.2) is 26.6 Å². The predicted molar refractivity (Wildman–Crippen MR) is 114 cm³/mol. The number of pyridine rings is 1. The fourth-order valence-corrected chi connectivity index (χ4v) is 2.84. The first kappa shape index (κ1) is 21.6. The number of hydrogen-bond acceptors (Lipinski definition) is 4. The SMILES string of the molecule is CC.c1ccc(OCCCCCCCCn2cc(-c3cccnc3)nn2)cc1. The van der Waals surface area contributed by atoms with Gasteiger partial charge in [-0.25, -0.2) is 0 Å². The van der Waals surface area contributed by atoms with E-state index in [4.69, 9.17) is 4.74 Å². The fraction of sp³-hybridized carbons (Fsp3) is 0.435. The number of rotatable bonds is 11. The van der Waals surface area contributed by atoms with Gasteiger partial charge in [0.2, 0.25) is 0 Å². The molecule has 0 unspecified atom stereocenters. The van der Waals surface area contributed by atoms with E-state index in [0.29, 0.717) is 0 Å². The van der Waals surface area contributed by atoms with Gasteiger partial charge < -0.3 is 4.74 Å². The van der Waals surface area contributed by atoms with Crippen LogP contribution in [0.5, 0.6) is 5.75 Å². The van der Waals surface area contributed by atoms with Gasteiger partial charge in [-0.1, -0.05) is 62.9 Å². The normalized spacial score (nSPS) is 10.2. The monoisotopic (exact) mass is 380 g/mol. The largest absolute Gasteiger partial charge is 0.494 e. The number of hydrogen-bond donors (Lipinski definition) is 0. The molecule has 5 nitrogen and oxygen atoms in total. The van der Waals surface area contributed by atoms with Gasteiger partial charge in [0.1, 0.15) is 11.4 Å². The van der Waals surface area contributed by atoms with Crippen molar-refractivity contribution in [2.24, 2.45) is 0 Å². The van der Waals surface area contributed by atoms with E-state index in [1.54, 1.807) is 6.20 Å². The topological polar surface area (TPSA) is 52.8 Å². The molecule has 5 heteroatoms. The summed E-state index contributed by atoms with van der Waals surface area (Å²) >= 11 is 0. The fourth-order valence-electron chi connectivity index (χ4n) is 2.84. The molecule has 0 fully saturated rings.